The molecule has 32 heavy (non-hydrogen) atoms. The molecule has 164 valence electrons. The number of ether oxygens (including phenoxy) is 1. The molecule has 0 N–H and O–H groups in total. The Labute approximate surface area is 188 Å². The summed E-state index contributed by atoms with van der Waals surface area (Å²) in [4.78, 5) is 34.3. The number of nitrogens with zero attached hydrogens (tertiary/aromatic N) is 3. The zero-order valence-electron chi connectivity index (χ0n) is 18.4. The average molecular weight is 430 g/mol. The third-order valence-corrected chi connectivity index (χ3v) is 5.92. The van der Waals surface area contributed by atoms with Crippen LogP contribution in [0.25, 0.3) is 11.1 Å². The standard InChI is InChI=1S/C26H27N3O3/c1-3-28-14-15-29(25(30)21-6-4-8-23(17-21)32-2)24(26(28)31)16-19-9-11-20(12-10-19)22-7-5-13-27-18-22/h4-13,17-18,24H,3,14-16H2,1-2H3/t24-/m1/s1. The normalized spacial score (nSPS) is 16.2. The molecule has 2 aromatic carbocycles. The van der Waals surface area contributed by atoms with E-state index in [0.717, 1.165) is 16.7 Å². The molecular weight excluding hydrogens is 402 g/mol. The smallest absolute Gasteiger partial charge is 0.254 e. The van der Waals surface area contributed by atoms with Crippen LogP contribution < -0.4 is 4.74 Å². The number of rotatable bonds is 6. The summed E-state index contributed by atoms with van der Waals surface area (Å²) in [5.41, 5.74) is 3.65. The van der Waals surface area contributed by atoms with Gasteiger partial charge in [-0.3, -0.25) is 14.6 Å². The van der Waals surface area contributed by atoms with Crippen LogP contribution in [0.5, 0.6) is 5.75 Å². The van der Waals surface area contributed by atoms with E-state index >= 15 is 0 Å². The molecule has 0 radical (unpaired) electrons. The molecule has 1 aliphatic rings. The largest absolute Gasteiger partial charge is 0.497 e. The maximum absolute atomic E-state index is 13.3. The van der Waals surface area contributed by atoms with Crippen molar-refractivity contribution >= 4 is 11.8 Å². The lowest BCUT2D eigenvalue weighted by Gasteiger charge is -2.40. The molecule has 0 spiro atoms. The highest BCUT2D eigenvalue weighted by Gasteiger charge is 2.37. The zero-order valence-corrected chi connectivity index (χ0v) is 18.4. The number of likely N-dealkylation sites (N-methyl/N-ethyl adjacent to an activating group) is 1. The number of aromatic nitrogens is 1. The van der Waals surface area contributed by atoms with Crippen LogP contribution in [0.15, 0.2) is 73.1 Å². The summed E-state index contributed by atoms with van der Waals surface area (Å²) in [6, 6.07) is 18.6. The highest BCUT2D eigenvalue weighted by molar-refractivity contribution is 5.98. The van der Waals surface area contributed by atoms with E-state index < -0.39 is 6.04 Å². The second kappa shape index (κ2) is 9.64. The van der Waals surface area contributed by atoms with E-state index in [1.54, 1.807) is 42.5 Å². The number of hydrogen-bond acceptors (Lipinski definition) is 4. The Morgan fingerprint density at radius 3 is 2.56 bits per heavy atom. The predicted molar refractivity (Wildman–Crippen MR) is 123 cm³/mol. The molecule has 1 atom stereocenters. The molecule has 2 amide bonds. The van der Waals surface area contributed by atoms with Gasteiger partial charge >= 0.3 is 0 Å². The van der Waals surface area contributed by atoms with E-state index in [0.29, 0.717) is 37.4 Å². The molecule has 6 heteroatoms. The van der Waals surface area contributed by atoms with Crippen molar-refractivity contribution in [3.05, 3.63) is 84.2 Å². The molecule has 6 nitrogen and oxygen atoms in total. The summed E-state index contributed by atoms with van der Waals surface area (Å²) in [5, 5.41) is 0. The van der Waals surface area contributed by atoms with Gasteiger partial charge in [0.05, 0.1) is 7.11 Å². The molecule has 1 fully saturated rings. The molecule has 0 unspecified atom stereocenters. The molecule has 0 bridgehead atoms. The Kier molecular flexibility index (Phi) is 6.50. The van der Waals surface area contributed by atoms with Gasteiger partial charge in [0.15, 0.2) is 0 Å². The maximum atomic E-state index is 13.3. The molecule has 4 rings (SSSR count). The van der Waals surface area contributed by atoms with Gasteiger partial charge in [-0.1, -0.05) is 36.4 Å². The van der Waals surface area contributed by atoms with Crippen LogP contribution >= 0.6 is 0 Å². The lowest BCUT2D eigenvalue weighted by molar-refractivity contribution is -0.139. The van der Waals surface area contributed by atoms with Gasteiger partial charge in [-0.15, -0.1) is 0 Å². The number of pyridine rings is 1. The number of amides is 2. The Balaban J connectivity index is 1.58. The zero-order chi connectivity index (χ0) is 22.5. The van der Waals surface area contributed by atoms with Crippen molar-refractivity contribution in [1.29, 1.82) is 0 Å². The first kappa shape index (κ1) is 21.6. The van der Waals surface area contributed by atoms with Crippen LogP contribution in [0.4, 0.5) is 0 Å². The number of piperazine rings is 1. The molecule has 2 heterocycles. The Hall–Kier alpha value is -3.67. The molecule has 0 aliphatic carbocycles. The Morgan fingerprint density at radius 1 is 1.06 bits per heavy atom. The second-order valence-corrected chi connectivity index (χ2v) is 7.81. The van der Waals surface area contributed by atoms with Gasteiger partial charge < -0.3 is 14.5 Å². The highest BCUT2D eigenvalue weighted by atomic mass is 16.5. The summed E-state index contributed by atoms with van der Waals surface area (Å²) in [6.45, 7) is 3.66. The van der Waals surface area contributed by atoms with Gasteiger partial charge in [-0.25, -0.2) is 0 Å². The second-order valence-electron chi connectivity index (χ2n) is 7.81. The number of methoxy groups -OCH3 is 1. The van der Waals surface area contributed by atoms with Crippen LogP contribution in [0.3, 0.4) is 0 Å². The fourth-order valence-electron chi connectivity index (χ4n) is 4.11. The molecular formula is C26H27N3O3. The van der Waals surface area contributed by atoms with Gasteiger partial charge in [0.25, 0.3) is 5.91 Å². The summed E-state index contributed by atoms with van der Waals surface area (Å²) < 4.78 is 5.27. The minimum absolute atomic E-state index is 0.00803. The van der Waals surface area contributed by atoms with Crippen LogP contribution in [0, 0.1) is 0 Å². The number of hydrogen-bond donors (Lipinski definition) is 0. The van der Waals surface area contributed by atoms with E-state index in [-0.39, 0.29) is 11.8 Å². The molecule has 1 aliphatic heterocycles. The molecule has 0 saturated carbocycles. The van der Waals surface area contributed by atoms with E-state index in [1.165, 1.54) is 0 Å². The van der Waals surface area contributed by atoms with Gasteiger partial charge in [-0.2, -0.15) is 0 Å². The van der Waals surface area contributed by atoms with E-state index in [4.69, 9.17) is 4.74 Å². The first-order valence-electron chi connectivity index (χ1n) is 10.8. The molecule has 1 saturated heterocycles. The van der Waals surface area contributed by atoms with Crippen molar-refractivity contribution in [1.82, 2.24) is 14.8 Å². The van der Waals surface area contributed by atoms with Crippen molar-refractivity contribution in [2.45, 2.75) is 19.4 Å². The highest BCUT2D eigenvalue weighted by Crippen LogP contribution is 2.23. The van der Waals surface area contributed by atoms with Crippen LogP contribution in [0.1, 0.15) is 22.8 Å². The lowest BCUT2D eigenvalue weighted by Crippen LogP contribution is -2.59. The summed E-state index contributed by atoms with van der Waals surface area (Å²) in [5.74, 6) is 0.466. The first-order valence-corrected chi connectivity index (χ1v) is 10.8. The van der Waals surface area contributed by atoms with Gasteiger partial charge in [0.2, 0.25) is 5.91 Å². The summed E-state index contributed by atoms with van der Waals surface area (Å²) >= 11 is 0. The van der Waals surface area contributed by atoms with E-state index in [2.05, 4.69) is 4.98 Å². The van der Waals surface area contributed by atoms with Crippen molar-refractivity contribution in [3.8, 4) is 16.9 Å². The third kappa shape index (κ3) is 4.49. The predicted octanol–water partition coefficient (Wildman–Crippen LogP) is 3.67. The fraction of sp³-hybridized carbons (Fsp3) is 0.269. The third-order valence-electron chi connectivity index (χ3n) is 5.92. The molecule has 1 aromatic heterocycles. The number of carbonyl (C=O) groups excluding carboxylic acids is 2. The SMILES string of the molecule is CCN1CCN(C(=O)c2cccc(OC)c2)[C@H](Cc2ccc(-c3cccnc3)cc2)C1=O. The Morgan fingerprint density at radius 2 is 1.88 bits per heavy atom. The lowest BCUT2D eigenvalue weighted by atomic mass is 9.98. The van der Waals surface area contributed by atoms with E-state index in [1.807, 2.05) is 54.4 Å². The first-order chi connectivity index (χ1) is 15.6. The van der Waals surface area contributed by atoms with Crippen molar-refractivity contribution in [2.75, 3.05) is 26.7 Å². The van der Waals surface area contributed by atoms with Crippen molar-refractivity contribution in [2.24, 2.45) is 0 Å². The fourth-order valence-corrected chi connectivity index (χ4v) is 4.11. The van der Waals surface area contributed by atoms with Crippen molar-refractivity contribution in [3.63, 3.8) is 0 Å². The summed E-state index contributed by atoms with van der Waals surface area (Å²) in [7, 11) is 1.57. The van der Waals surface area contributed by atoms with Crippen LogP contribution in [-0.4, -0.2) is 59.4 Å². The van der Waals surface area contributed by atoms with E-state index in [9.17, 15) is 9.59 Å². The molecule has 3 aromatic rings. The number of carbonyl (C=O) groups is 2. The van der Waals surface area contributed by atoms with Crippen LogP contribution in [-0.2, 0) is 11.2 Å². The topological polar surface area (TPSA) is 62.7 Å². The number of benzene rings is 2. The quantitative estimate of drug-likeness (QED) is 0.600. The summed E-state index contributed by atoms with van der Waals surface area (Å²) in [6.07, 6.45) is 4.05. The van der Waals surface area contributed by atoms with Crippen LogP contribution in [0.2, 0.25) is 0 Å². The van der Waals surface area contributed by atoms with Gasteiger partial charge in [0.1, 0.15) is 11.8 Å². The monoisotopic (exact) mass is 429 g/mol. The van der Waals surface area contributed by atoms with Gasteiger partial charge in [0, 0.05) is 44.0 Å². The maximum Gasteiger partial charge on any atom is 0.254 e. The van der Waals surface area contributed by atoms with Crippen molar-refractivity contribution < 1.29 is 14.3 Å². The van der Waals surface area contributed by atoms with Gasteiger partial charge in [-0.05, 0) is 47.9 Å². The average Bonchev–Trinajstić information content (AvgIpc) is 2.86. The Bertz CT molecular complexity index is 1080. The minimum Gasteiger partial charge on any atom is -0.497 e. The minimum atomic E-state index is -0.536.